The van der Waals surface area contributed by atoms with Gasteiger partial charge in [-0.2, -0.15) is 4.39 Å². The van der Waals surface area contributed by atoms with Crippen LogP contribution in [0.25, 0.3) is 5.65 Å². The normalized spacial score (nSPS) is 11.8. The number of hydrogen-bond donors (Lipinski definition) is 1. The number of nitrogens with zero attached hydrogens (tertiary/aromatic N) is 3. The third kappa shape index (κ3) is 3.60. The van der Waals surface area contributed by atoms with Crippen LogP contribution in [-0.2, 0) is 4.79 Å². The lowest BCUT2D eigenvalue weighted by Crippen LogP contribution is -2.28. The zero-order valence-electron chi connectivity index (χ0n) is 15.8. The van der Waals surface area contributed by atoms with Crippen LogP contribution in [0.1, 0.15) is 22.9 Å². The van der Waals surface area contributed by atoms with E-state index >= 15 is 0 Å². The van der Waals surface area contributed by atoms with Crippen molar-refractivity contribution in [2.45, 2.75) is 6.04 Å². The number of aliphatic imine (C=N–C) groups is 1. The monoisotopic (exact) mass is 400 g/mol. The highest BCUT2D eigenvalue weighted by Gasteiger charge is 2.27. The maximum atomic E-state index is 14.9. The number of aromatic nitrogens is 2. The molecule has 2 aromatic heterocycles. The van der Waals surface area contributed by atoms with Crippen LogP contribution in [0, 0.1) is 5.82 Å². The number of carbonyl (C=O) groups is 1. The first-order valence-corrected chi connectivity index (χ1v) is 9.21. The molecule has 2 aromatic carbocycles. The maximum Gasteiger partial charge on any atom is 0.294 e. The zero-order chi connectivity index (χ0) is 21.1. The summed E-state index contributed by atoms with van der Waals surface area (Å²) in [5.74, 6) is -2.07. The van der Waals surface area contributed by atoms with Gasteiger partial charge >= 0.3 is 0 Å². The van der Waals surface area contributed by atoms with Crippen LogP contribution >= 0.6 is 0 Å². The molecule has 0 bridgehead atoms. The van der Waals surface area contributed by atoms with Crippen LogP contribution in [0.3, 0.4) is 0 Å². The summed E-state index contributed by atoms with van der Waals surface area (Å²) in [5.41, 5.74) is 6.32. The Morgan fingerprint density at radius 3 is 2.07 bits per heavy atom. The van der Waals surface area contributed by atoms with Crippen LogP contribution in [-0.4, -0.2) is 21.0 Å². The van der Waals surface area contributed by atoms with E-state index in [1.165, 1.54) is 6.20 Å². The minimum atomic E-state index is -1.47. The second-order valence-electron chi connectivity index (χ2n) is 6.56. The Bertz CT molecular complexity index is 1260. The molecule has 0 aliphatic rings. The summed E-state index contributed by atoms with van der Waals surface area (Å²) >= 11 is 0. The lowest BCUT2D eigenvalue weighted by molar-refractivity contribution is -0.119. The zero-order valence-corrected chi connectivity index (χ0v) is 15.8. The smallest absolute Gasteiger partial charge is 0.294 e. The van der Waals surface area contributed by atoms with E-state index in [0.717, 1.165) is 4.40 Å². The fourth-order valence-electron chi connectivity index (χ4n) is 3.16. The summed E-state index contributed by atoms with van der Waals surface area (Å²) in [6.07, 6.45) is 1.40. The molecular formula is C23H17FN4O2. The van der Waals surface area contributed by atoms with Gasteiger partial charge < -0.3 is 5.73 Å². The number of halogens is 1. The summed E-state index contributed by atoms with van der Waals surface area (Å²) in [6, 6.07) is 21.6. The van der Waals surface area contributed by atoms with E-state index in [9.17, 15) is 14.0 Å². The van der Waals surface area contributed by atoms with Crippen LogP contribution in [0.2, 0.25) is 0 Å². The third-order valence-electron chi connectivity index (χ3n) is 4.59. The van der Waals surface area contributed by atoms with Crippen molar-refractivity contribution in [2.75, 3.05) is 0 Å². The molecular weight excluding hydrogens is 383 g/mol. The molecule has 148 valence electrons. The fourth-order valence-corrected chi connectivity index (χ4v) is 3.16. The van der Waals surface area contributed by atoms with Crippen LogP contribution in [0.15, 0.2) is 94.8 Å². The van der Waals surface area contributed by atoms with Gasteiger partial charge in [0, 0.05) is 17.3 Å². The highest BCUT2D eigenvalue weighted by molar-refractivity contribution is 6.13. The Morgan fingerprint density at radius 2 is 1.50 bits per heavy atom. The van der Waals surface area contributed by atoms with E-state index in [0.29, 0.717) is 16.8 Å². The van der Waals surface area contributed by atoms with Crippen molar-refractivity contribution in [1.82, 2.24) is 9.38 Å². The van der Waals surface area contributed by atoms with Crippen molar-refractivity contribution in [2.24, 2.45) is 10.7 Å². The van der Waals surface area contributed by atoms with E-state index in [1.807, 2.05) is 60.7 Å². The summed E-state index contributed by atoms with van der Waals surface area (Å²) < 4.78 is 16.0. The number of pyridine rings is 1. The minimum absolute atomic E-state index is 0.196. The lowest BCUT2D eigenvalue weighted by atomic mass is 10.0. The molecule has 30 heavy (non-hydrogen) atoms. The average Bonchev–Trinajstić information content (AvgIpc) is 2.78. The molecule has 0 saturated carbocycles. The standard InChI is InChI=1S/C23H17FN4O2/c24-18-20(26-17-13-7-8-14-28(17)23(18)30)21(22(25)29)27-19(15-9-3-1-4-10-15)16-11-5-2-6-12-16/h1-14,21H,(H2,25,29). The number of fused-ring (bicyclic) bond motifs is 1. The first-order chi connectivity index (χ1) is 14.6. The second kappa shape index (κ2) is 8.08. The number of rotatable bonds is 5. The van der Waals surface area contributed by atoms with E-state index in [-0.39, 0.29) is 5.65 Å². The number of primary amides is 1. The topological polar surface area (TPSA) is 89.8 Å². The summed E-state index contributed by atoms with van der Waals surface area (Å²) in [6.45, 7) is 0. The molecule has 4 rings (SSSR count). The molecule has 0 radical (unpaired) electrons. The van der Waals surface area contributed by atoms with Gasteiger partial charge in [0.1, 0.15) is 11.3 Å². The van der Waals surface area contributed by atoms with Gasteiger partial charge in [-0.05, 0) is 12.1 Å². The molecule has 1 amide bonds. The van der Waals surface area contributed by atoms with Gasteiger partial charge in [-0.15, -0.1) is 0 Å². The maximum absolute atomic E-state index is 14.9. The molecule has 2 heterocycles. The Morgan fingerprint density at radius 1 is 0.933 bits per heavy atom. The molecule has 2 N–H and O–H groups in total. The Kier molecular flexibility index (Phi) is 5.17. The summed E-state index contributed by atoms with van der Waals surface area (Å²) in [5, 5.41) is 0. The molecule has 0 saturated heterocycles. The van der Waals surface area contributed by atoms with Gasteiger partial charge in [0.15, 0.2) is 6.04 Å². The largest absolute Gasteiger partial charge is 0.367 e. The lowest BCUT2D eigenvalue weighted by Gasteiger charge is -2.14. The van der Waals surface area contributed by atoms with Crippen molar-refractivity contribution in [3.05, 3.63) is 118 Å². The Hall–Kier alpha value is -4.13. The second-order valence-corrected chi connectivity index (χ2v) is 6.56. The van der Waals surface area contributed by atoms with E-state index < -0.39 is 29.0 Å². The molecule has 7 heteroatoms. The quantitative estimate of drug-likeness (QED) is 0.523. The predicted octanol–water partition coefficient (Wildman–Crippen LogP) is 2.90. The Balaban J connectivity index is 1.95. The number of hydrogen-bond acceptors (Lipinski definition) is 4. The van der Waals surface area contributed by atoms with Crippen molar-refractivity contribution < 1.29 is 9.18 Å². The van der Waals surface area contributed by atoms with Crippen LogP contribution in [0.4, 0.5) is 4.39 Å². The van der Waals surface area contributed by atoms with Crippen LogP contribution < -0.4 is 11.3 Å². The SMILES string of the molecule is NC(=O)C(N=C(c1ccccc1)c1ccccc1)c1nc2ccccn2c(=O)c1F. The van der Waals surface area contributed by atoms with Crippen molar-refractivity contribution in [3.8, 4) is 0 Å². The van der Waals surface area contributed by atoms with Gasteiger partial charge in [0.25, 0.3) is 5.56 Å². The van der Waals surface area contributed by atoms with E-state index in [2.05, 4.69) is 9.98 Å². The van der Waals surface area contributed by atoms with Crippen molar-refractivity contribution in [1.29, 1.82) is 0 Å². The van der Waals surface area contributed by atoms with Crippen molar-refractivity contribution in [3.63, 3.8) is 0 Å². The van der Waals surface area contributed by atoms with Crippen molar-refractivity contribution >= 4 is 17.3 Å². The van der Waals surface area contributed by atoms with E-state index in [4.69, 9.17) is 5.73 Å². The molecule has 1 atom stereocenters. The number of nitrogens with two attached hydrogens (primary N) is 1. The van der Waals surface area contributed by atoms with Gasteiger partial charge in [0.05, 0.1) is 5.71 Å². The fraction of sp³-hybridized carbons (Fsp3) is 0.0435. The van der Waals surface area contributed by atoms with E-state index in [1.54, 1.807) is 18.2 Å². The summed E-state index contributed by atoms with van der Waals surface area (Å²) in [4.78, 5) is 33.4. The van der Waals surface area contributed by atoms with Gasteiger partial charge in [-0.3, -0.25) is 19.0 Å². The third-order valence-corrected chi connectivity index (χ3v) is 4.59. The highest BCUT2D eigenvalue weighted by Crippen LogP contribution is 2.21. The molecule has 4 aromatic rings. The average molecular weight is 400 g/mol. The van der Waals surface area contributed by atoms with Gasteiger partial charge in [-0.1, -0.05) is 66.7 Å². The highest BCUT2D eigenvalue weighted by atomic mass is 19.1. The molecule has 1 unspecified atom stereocenters. The predicted molar refractivity (Wildman–Crippen MR) is 112 cm³/mol. The number of amides is 1. The first-order valence-electron chi connectivity index (χ1n) is 9.21. The van der Waals surface area contributed by atoms with Crippen LogP contribution in [0.5, 0.6) is 0 Å². The molecule has 0 fully saturated rings. The van der Waals surface area contributed by atoms with Gasteiger partial charge in [0.2, 0.25) is 11.7 Å². The molecule has 6 nitrogen and oxygen atoms in total. The number of carbonyl (C=O) groups excluding carboxylic acids is 1. The number of benzene rings is 2. The minimum Gasteiger partial charge on any atom is -0.367 e. The van der Waals surface area contributed by atoms with Gasteiger partial charge in [-0.25, -0.2) is 4.98 Å². The molecule has 0 aliphatic carbocycles. The first kappa shape index (κ1) is 19.2. The summed E-state index contributed by atoms with van der Waals surface area (Å²) in [7, 11) is 0. The molecule has 0 spiro atoms. The Labute approximate surface area is 171 Å². The molecule has 0 aliphatic heterocycles.